The van der Waals surface area contributed by atoms with Gasteiger partial charge in [0, 0.05) is 11.5 Å². The lowest BCUT2D eigenvalue weighted by atomic mass is 9.97. The Bertz CT molecular complexity index is 667. The van der Waals surface area contributed by atoms with Gasteiger partial charge in [-0.15, -0.1) is 0 Å². The van der Waals surface area contributed by atoms with Crippen molar-refractivity contribution < 1.29 is 14.6 Å². The predicted octanol–water partition coefficient (Wildman–Crippen LogP) is 2.12. The smallest absolute Gasteiger partial charge is 0.324 e. The van der Waals surface area contributed by atoms with Crippen molar-refractivity contribution in [3.63, 3.8) is 0 Å². The van der Waals surface area contributed by atoms with E-state index < -0.39 is 11.5 Å². The lowest BCUT2D eigenvalue weighted by Gasteiger charge is -2.13. The lowest BCUT2D eigenvalue weighted by molar-refractivity contribution is -0.139. The number of hydrogen-bond donors (Lipinski definition) is 2. The van der Waals surface area contributed by atoms with Crippen LogP contribution in [0, 0.1) is 0 Å². The molecule has 0 aromatic heterocycles. The van der Waals surface area contributed by atoms with E-state index in [0.717, 1.165) is 16.3 Å². The number of carboxylic acids is 1. The molecule has 2 aromatic rings. The fraction of sp³-hybridized carbons (Fsp3) is 0.267. The van der Waals surface area contributed by atoms with Gasteiger partial charge < -0.3 is 15.6 Å². The molecular formula is C15H15NO3. The summed E-state index contributed by atoms with van der Waals surface area (Å²) < 4.78 is 5.38. The van der Waals surface area contributed by atoms with E-state index in [1.54, 1.807) is 7.11 Å². The first kappa shape index (κ1) is 12.0. The van der Waals surface area contributed by atoms with E-state index in [4.69, 9.17) is 10.5 Å². The minimum Gasteiger partial charge on any atom is -0.496 e. The minimum atomic E-state index is -1.16. The van der Waals surface area contributed by atoms with Crippen LogP contribution in [-0.4, -0.2) is 23.7 Å². The van der Waals surface area contributed by atoms with E-state index in [2.05, 4.69) is 0 Å². The zero-order chi connectivity index (χ0) is 13.6. The first-order chi connectivity index (χ1) is 9.08. The fourth-order valence-corrected chi connectivity index (χ4v) is 2.69. The highest BCUT2D eigenvalue weighted by molar-refractivity contribution is 5.93. The Morgan fingerprint density at radius 1 is 1.37 bits per heavy atom. The summed E-state index contributed by atoms with van der Waals surface area (Å²) in [5.41, 5.74) is 5.68. The van der Waals surface area contributed by atoms with Crippen LogP contribution in [0.15, 0.2) is 36.4 Å². The van der Waals surface area contributed by atoms with Gasteiger partial charge in [0.05, 0.1) is 7.11 Å². The summed E-state index contributed by atoms with van der Waals surface area (Å²) in [6, 6.07) is 11.7. The molecule has 1 saturated carbocycles. The van der Waals surface area contributed by atoms with Crippen molar-refractivity contribution in [2.24, 2.45) is 5.73 Å². The van der Waals surface area contributed by atoms with Crippen LogP contribution in [0.4, 0.5) is 0 Å². The van der Waals surface area contributed by atoms with E-state index in [0.29, 0.717) is 12.2 Å². The topological polar surface area (TPSA) is 72.5 Å². The van der Waals surface area contributed by atoms with Crippen LogP contribution in [0.1, 0.15) is 17.9 Å². The third-order valence-electron chi connectivity index (χ3n) is 3.90. The Balaban J connectivity index is 2.20. The number of hydrogen-bond acceptors (Lipinski definition) is 3. The summed E-state index contributed by atoms with van der Waals surface area (Å²) >= 11 is 0. The van der Waals surface area contributed by atoms with Gasteiger partial charge in [-0.05, 0) is 23.3 Å². The number of carbonyl (C=O) groups is 1. The van der Waals surface area contributed by atoms with Crippen molar-refractivity contribution in [2.45, 2.75) is 17.9 Å². The van der Waals surface area contributed by atoms with Gasteiger partial charge in [-0.1, -0.05) is 30.3 Å². The number of aliphatic carboxylic acids is 1. The Morgan fingerprint density at radius 2 is 2.11 bits per heavy atom. The van der Waals surface area contributed by atoms with Crippen LogP contribution in [0.5, 0.6) is 5.75 Å². The largest absolute Gasteiger partial charge is 0.496 e. The monoisotopic (exact) mass is 257 g/mol. The summed E-state index contributed by atoms with van der Waals surface area (Å²) in [5.74, 6) is -0.434. The highest BCUT2D eigenvalue weighted by Gasteiger charge is 2.59. The Morgan fingerprint density at radius 3 is 2.74 bits per heavy atom. The molecule has 0 saturated heterocycles. The number of nitrogens with two attached hydrogens (primary N) is 1. The molecule has 4 heteroatoms. The van der Waals surface area contributed by atoms with E-state index in [9.17, 15) is 9.90 Å². The molecule has 0 bridgehead atoms. The summed E-state index contributed by atoms with van der Waals surface area (Å²) in [6.07, 6.45) is 0.451. The molecule has 0 amide bonds. The summed E-state index contributed by atoms with van der Waals surface area (Å²) in [6.45, 7) is 0. The third kappa shape index (κ3) is 1.68. The second kappa shape index (κ2) is 3.96. The van der Waals surface area contributed by atoms with E-state index in [-0.39, 0.29) is 5.92 Å². The van der Waals surface area contributed by atoms with Crippen LogP contribution in [0.25, 0.3) is 10.8 Å². The summed E-state index contributed by atoms with van der Waals surface area (Å²) in [7, 11) is 1.59. The van der Waals surface area contributed by atoms with Gasteiger partial charge in [0.15, 0.2) is 0 Å². The Labute approximate surface area is 110 Å². The average molecular weight is 257 g/mol. The van der Waals surface area contributed by atoms with Crippen molar-refractivity contribution >= 4 is 16.7 Å². The highest BCUT2D eigenvalue weighted by Crippen LogP contribution is 2.54. The molecular weight excluding hydrogens is 242 g/mol. The van der Waals surface area contributed by atoms with Gasteiger partial charge in [0.2, 0.25) is 0 Å². The molecule has 0 aliphatic heterocycles. The number of benzene rings is 2. The maximum absolute atomic E-state index is 11.2. The van der Waals surface area contributed by atoms with Crippen LogP contribution in [0.3, 0.4) is 0 Å². The van der Waals surface area contributed by atoms with Crippen LogP contribution in [-0.2, 0) is 4.79 Å². The number of ether oxygens (including phenoxy) is 1. The molecule has 2 atom stereocenters. The van der Waals surface area contributed by atoms with Gasteiger partial charge in [-0.2, -0.15) is 0 Å². The average Bonchev–Trinajstić information content (AvgIpc) is 3.10. The molecule has 1 fully saturated rings. The first-order valence-electron chi connectivity index (χ1n) is 6.16. The molecule has 1 aliphatic carbocycles. The van der Waals surface area contributed by atoms with Gasteiger partial charge in [0.25, 0.3) is 0 Å². The maximum atomic E-state index is 11.2. The van der Waals surface area contributed by atoms with E-state index >= 15 is 0 Å². The zero-order valence-electron chi connectivity index (χ0n) is 10.6. The van der Waals surface area contributed by atoms with Gasteiger partial charge >= 0.3 is 5.97 Å². The predicted molar refractivity (Wildman–Crippen MR) is 72.4 cm³/mol. The second-order valence-electron chi connectivity index (χ2n) is 5.00. The summed E-state index contributed by atoms with van der Waals surface area (Å²) in [4.78, 5) is 11.2. The lowest BCUT2D eigenvalue weighted by Crippen LogP contribution is -2.34. The van der Waals surface area contributed by atoms with Gasteiger partial charge in [-0.25, -0.2) is 0 Å². The van der Waals surface area contributed by atoms with Crippen molar-refractivity contribution in [1.29, 1.82) is 0 Å². The Hall–Kier alpha value is -2.07. The number of fused-ring (bicyclic) bond motifs is 1. The minimum absolute atomic E-state index is 0.189. The molecule has 98 valence electrons. The van der Waals surface area contributed by atoms with Crippen LogP contribution >= 0.6 is 0 Å². The van der Waals surface area contributed by atoms with E-state index in [1.807, 2.05) is 36.4 Å². The van der Waals surface area contributed by atoms with Crippen molar-refractivity contribution in [1.82, 2.24) is 0 Å². The Kier molecular flexibility index (Phi) is 2.50. The number of rotatable bonds is 3. The normalized spacial score (nSPS) is 25.3. The molecule has 19 heavy (non-hydrogen) atoms. The second-order valence-corrected chi connectivity index (χ2v) is 5.00. The molecule has 4 nitrogen and oxygen atoms in total. The van der Waals surface area contributed by atoms with Gasteiger partial charge in [-0.3, -0.25) is 4.79 Å². The summed E-state index contributed by atoms with van der Waals surface area (Å²) in [5, 5.41) is 11.3. The van der Waals surface area contributed by atoms with E-state index in [1.165, 1.54) is 0 Å². The maximum Gasteiger partial charge on any atom is 0.324 e. The zero-order valence-corrected chi connectivity index (χ0v) is 10.6. The van der Waals surface area contributed by atoms with Crippen LogP contribution in [0.2, 0.25) is 0 Å². The molecule has 3 rings (SSSR count). The van der Waals surface area contributed by atoms with Crippen molar-refractivity contribution in [3.05, 3.63) is 42.0 Å². The highest BCUT2D eigenvalue weighted by atomic mass is 16.5. The standard InChI is InChI=1S/C15H15NO3/c1-19-12-7-6-9-4-2-3-5-10(9)13(12)11-8-15(11,16)14(17)18/h2-7,11H,8,16H2,1H3,(H,17,18). The number of methoxy groups -OCH3 is 1. The fourth-order valence-electron chi connectivity index (χ4n) is 2.69. The molecule has 1 aliphatic rings. The third-order valence-corrected chi connectivity index (χ3v) is 3.90. The van der Waals surface area contributed by atoms with Crippen molar-refractivity contribution in [3.8, 4) is 5.75 Å². The molecule has 3 N–H and O–H groups in total. The molecule has 2 aromatic carbocycles. The number of carboxylic acid groups (broad SMARTS) is 1. The quantitative estimate of drug-likeness (QED) is 0.883. The molecule has 2 unspecified atom stereocenters. The molecule has 0 heterocycles. The van der Waals surface area contributed by atoms with Gasteiger partial charge in [0.1, 0.15) is 11.3 Å². The first-order valence-corrected chi connectivity index (χ1v) is 6.16. The SMILES string of the molecule is COc1ccc2ccccc2c1C1CC1(N)C(=O)O. The molecule has 0 radical (unpaired) electrons. The van der Waals surface area contributed by atoms with Crippen molar-refractivity contribution in [2.75, 3.05) is 7.11 Å². The molecule has 0 spiro atoms. The van der Waals surface area contributed by atoms with Crippen LogP contribution < -0.4 is 10.5 Å².